The van der Waals surface area contributed by atoms with Crippen molar-refractivity contribution in [3.8, 4) is 0 Å². The molecule has 2 fully saturated rings. The molecule has 7 heteroatoms. The fraction of sp³-hybridized carbons (Fsp3) is 0.600. The summed E-state index contributed by atoms with van der Waals surface area (Å²) in [6.45, 7) is 5.35. The van der Waals surface area contributed by atoms with Crippen LogP contribution in [0.3, 0.4) is 0 Å². The first-order chi connectivity index (χ1) is 12.9. The third-order valence-corrected chi connectivity index (χ3v) is 7.51. The molecule has 1 saturated carbocycles. The molecule has 0 aromatic heterocycles. The fourth-order valence-corrected chi connectivity index (χ4v) is 5.53. The van der Waals surface area contributed by atoms with Gasteiger partial charge in [-0.2, -0.15) is 9.41 Å². The first kappa shape index (κ1) is 20.0. The molecule has 1 aromatic carbocycles. The van der Waals surface area contributed by atoms with Crippen molar-refractivity contribution in [3.05, 3.63) is 29.8 Å². The van der Waals surface area contributed by atoms with Crippen molar-refractivity contribution in [3.63, 3.8) is 0 Å². The molecule has 1 amide bonds. The zero-order chi connectivity index (χ0) is 19.4. The van der Waals surface area contributed by atoms with Crippen LogP contribution in [-0.4, -0.2) is 37.4 Å². The van der Waals surface area contributed by atoms with E-state index >= 15 is 0 Å². The van der Waals surface area contributed by atoms with Gasteiger partial charge in [-0.25, -0.2) is 13.8 Å². The molecule has 1 N–H and O–H groups in total. The van der Waals surface area contributed by atoms with Crippen LogP contribution in [0.5, 0.6) is 0 Å². The maximum absolute atomic E-state index is 12.8. The highest BCUT2D eigenvalue weighted by Gasteiger charge is 2.27. The Labute approximate surface area is 162 Å². The normalized spacial score (nSPS) is 24.4. The van der Waals surface area contributed by atoms with Gasteiger partial charge in [-0.05, 0) is 55.7 Å². The molecular weight excluding hydrogens is 362 g/mol. The summed E-state index contributed by atoms with van der Waals surface area (Å²) in [6.07, 6.45) is 6.18. The minimum absolute atomic E-state index is 0.170. The van der Waals surface area contributed by atoms with Gasteiger partial charge in [0.25, 0.3) is 5.91 Å². The molecule has 0 bridgehead atoms. The second kappa shape index (κ2) is 8.52. The van der Waals surface area contributed by atoms with Crippen LogP contribution < -0.4 is 5.43 Å². The second-order valence-electron chi connectivity index (χ2n) is 7.70. The van der Waals surface area contributed by atoms with E-state index in [1.807, 2.05) is 0 Å². The molecule has 1 heterocycles. The van der Waals surface area contributed by atoms with Gasteiger partial charge in [-0.15, -0.1) is 0 Å². The Morgan fingerprint density at radius 2 is 1.74 bits per heavy atom. The lowest BCUT2D eigenvalue weighted by molar-refractivity contribution is 0.0954. The molecule has 2 atom stereocenters. The van der Waals surface area contributed by atoms with Crippen molar-refractivity contribution < 1.29 is 13.2 Å². The lowest BCUT2D eigenvalue weighted by Crippen LogP contribution is -2.35. The highest BCUT2D eigenvalue weighted by atomic mass is 32.2. The third-order valence-electron chi connectivity index (χ3n) is 5.62. The SMILES string of the molecule is C[C@@H]1CCC[C@@H](C)C1=NNC(=O)c1cccc(S(=O)(=O)N2CCCCC2)c1. The largest absolute Gasteiger partial charge is 0.271 e. The summed E-state index contributed by atoms with van der Waals surface area (Å²) in [5, 5.41) is 4.36. The van der Waals surface area contributed by atoms with Gasteiger partial charge in [0.15, 0.2) is 0 Å². The average molecular weight is 392 g/mol. The molecule has 6 nitrogen and oxygen atoms in total. The number of hydrogen-bond donors (Lipinski definition) is 1. The van der Waals surface area contributed by atoms with Crippen LogP contribution in [0.1, 0.15) is 62.7 Å². The van der Waals surface area contributed by atoms with E-state index < -0.39 is 10.0 Å². The number of carbonyl (C=O) groups is 1. The summed E-state index contributed by atoms with van der Waals surface area (Å²) >= 11 is 0. The first-order valence-corrected chi connectivity index (χ1v) is 11.3. The molecule has 0 unspecified atom stereocenters. The Morgan fingerprint density at radius 1 is 1.07 bits per heavy atom. The topological polar surface area (TPSA) is 78.8 Å². The molecule has 1 aromatic rings. The Hall–Kier alpha value is -1.73. The highest BCUT2D eigenvalue weighted by molar-refractivity contribution is 7.89. The predicted octanol–water partition coefficient (Wildman–Crippen LogP) is 3.40. The quantitative estimate of drug-likeness (QED) is 0.799. The van der Waals surface area contributed by atoms with Crippen LogP contribution in [0.25, 0.3) is 0 Å². The number of benzene rings is 1. The minimum atomic E-state index is -3.55. The van der Waals surface area contributed by atoms with Crippen molar-refractivity contribution in [2.24, 2.45) is 16.9 Å². The number of carbonyl (C=O) groups excluding carboxylic acids is 1. The van der Waals surface area contributed by atoms with E-state index in [4.69, 9.17) is 0 Å². The lowest BCUT2D eigenvalue weighted by atomic mass is 9.81. The smallest absolute Gasteiger partial charge is 0.267 e. The molecule has 2 aliphatic rings. The van der Waals surface area contributed by atoms with Crippen LogP contribution in [0.4, 0.5) is 0 Å². The molecule has 0 radical (unpaired) electrons. The van der Waals surface area contributed by atoms with Gasteiger partial charge in [-0.1, -0.05) is 32.8 Å². The summed E-state index contributed by atoms with van der Waals surface area (Å²) in [5.41, 5.74) is 3.96. The van der Waals surface area contributed by atoms with Gasteiger partial charge < -0.3 is 0 Å². The van der Waals surface area contributed by atoms with Crippen LogP contribution >= 0.6 is 0 Å². The first-order valence-electron chi connectivity index (χ1n) is 9.87. The van der Waals surface area contributed by atoms with E-state index in [1.165, 1.54) is 16.8 Å². The van der Waals surface area contributed by atoms with Crippen molar-refractivity contribution in [1.29, 1.82) is 0 Å². The average Bonchev–Trinajstić information content (AvgIpc) is 2.68. The summed E-state index contributed by atoms with van der Waals surface area (Å²) in [6, 6.07) is 6.24. The van der Waals surface area contributed by atoms with E-state index in [0.29, 0.717) is 30.5 Å². The van der Waals surface area contributed by atoms with Crippen molar-refractivity contribution in [2.75, 3.05) is 13.1 Å². The molecule has 0 spiro atoms. The van der Waals surface area contributed by atoms with Crippen LogP contribution in [0.15, 0.2) is 34.3 Å². The molecule has 148 valence electrons. The number of sulfonamides is 1. The van der Waals surface area contributed by atoms with Crippen LogP contribution in [-0.2, 0) is 10.0 Å². The van der Waals surface area contributed by atoms with Gasteiger partial charge in [0, 0.05) is 24.4 Å². The van der Waals surface area contributed by atoms with Crippen molar-refractivity contribution >= 4 is 21.6 Å². The molecule has 3 rings (SSSR count). The van der Waals surface area contributed by atoms with Crippen LogP contribution in [0.2, 0.25) is 0 Å². The number of rotatable bonds is 4. The van der Waals surface area contributed by atoms with Gasteiger partial charge in [0.05, 0.1) is 4.90 Å². The van der Waals surface area contributed by atoms with Gasteiger partial charge >= 0.3 is 0 Å². The Balaban J connectivity index is 1.75. The fourth-order valence-electron chi connectivity index (χ4n) is 3.96. The molecule has 27 heavy (non-hydrogen) atoms. The summed E-state index contributed by atoms with van der Waals surface area (Å²) in [4.78, 5) is 12.7. The Bertz CT molecular complexity index is 802. The number of amides is 1. The maximum Gasteiger partial charge on any atom is 0.271 e. The zero-order valence-electron chi connectivity index (χ0n) is 16.1. The zero-order valence-corrected chi connectivity index (χ0v) is 17.0. The number of nitrogens with one attached hydrogen (secondary N) is 1. The molecular formula is C20H29N3O3S. The summed E-state index contributed by atoms with van der Waals surface area (Å²) in [5.74, 6) is 0.350. The number of nitrogens with zero attached hydrogens (tertiary/aromatic N) is 2. The van der Waals surface area contributed by atoms with Crippen molar-refractivity contribution in [1.82, 2.24) is 9.73 Å². The van der Waals surface area contributed by atoms with E-state index in [0.717, 1.165) is 37.8 Å². The van der Waals surface area contributed by atoms with E-state index in [9.17, 15) is 13.2 Å². The molecule has 1 aliphatic heterocycles. The highest BCUT2D eigenvalue weighted by Crippen LogP contribution is 2.26. The van der Waals surface area contributed by atoms with Gasteiger partial charge in [-0.3, -0.25) is 4.79 Å². The van der Waals surface area contributed by atoms with E-state index in [1.54, 1.807) is 18.2 Å². The third kappa shape index (κ3) is 4.58. The number of hydrazone groups is 1. The molecule has 1 saturated heterocycles. The predicted molar refractivity (Wildman–Crippen MR) is 106 cm³/mol. The van der Waals surface area contributed by atoms with E-state index in [-0.39, 0.29) is 10.8 Å². The minimum Gasteiger partial charge on any atom is -0.267 e. The second-order valence-corrected chi connectivity index (χ2v) is 9.64. The number of piperidine rings is 1. The Kier molecular flexibility index (Phi) is 6.32. The summed E-state index contributed by atoms with van der Waals surface area (Å²) in [7, 11) is -3.55. The standard InChI is InChI=1S/C20H29N3O3S/c1-15-8-6-9-16(2)19(15)21-22-20(24)17-10-7-11-18(14-17)27(25,26)23-12-4-3-5-13-23/h7,10-11,14-16H,3-6,8-9,12-13H2,1-2H3,(H,22,24)/t15-,16-/m1/s1. The number of hydrogen-bond acceptors (Lipinski definition) is 4. The van der Waals surface area contributed by atoms with Gasteiger partial charge in [0.1, 0.15) is 0 Å². The van der Waals surface area contributed by atoms with Crippen LogP contribution in [0, 0.1) is 11.8 Å². The maximum atomic E-state index is 12.8. The lowest BCUT2D eigenvalue weighted by Gasteiger charge is -2.26. The van der Waals surface area contributed by atoms with Crippen molar-refractivity contribution in [2.45, 2.75) is 57.3 Å². The van der Waals surface area contributed by atoms with Gasteiger partial charge in [0.2, 0.25) is 10.0 Å². The van der Waals surface area contributed by atoms with E-state index in [2.05, 4.69) is 24.4 Å². The Morgan fingerprint density at radius 3 is 2.41 bits per heavy atom. The monoisotopic (exact) mass is 391 g/mol. The molecule has 1 aliphatic carbocycles. The summed E-state index contributed by atoms with van der Waals surface area (Å²) < 4.78 is 27.2.